The molecule has 0 aliphatic carbocycles. The number of carbonyl (C=O) groups excluding carboxylic acids is 1. The smallest absolute Gasteiger partial charge is 0.243 e. The Labute approximate surface area is 177 Å². The summed E-state index contributed by atoms with van der Waals surface area (Å²) in [5.41, 5.74) is 2.32. The zero-order valence-corrected chi connectivity index (χ0v) is 18.3. The van der Waals surface area contributed by atoms with Crippen molar-refractivity contribution >= 4 is 33.2 Å². The minimum Gasteiger partial charge on any atom is -0.339 e. The summed E-state index contributed by atoms with van der Waals surface area (Å²) in [7, 11) is -3.63. The van der Waals surface area contributed by atoms with Gasteiger partial charge in [-0.05, 0) is 30.2 Å². The Morgan fingerprint density at radius 3 is 2.31 bits per heavy atom. The second-order valence-corrected chi connectivity index (χ2v) is 9.61. The van der Waals surface area contributed by atoms with Crippen LogP contribution in [0.2, 0.25) is 5.02 Å². The first-order chi connectivity index (χ1) is 13.8. The van der Waals surface area contributed by atoms with E-state index in [1.54, 1.807) is 30.0 Å². The third-order valence-electron chi connectivity index (χ3n) is 5.16. The molecule has 0 saturated carbocycles. The highest BCUT2D eigenvalue weighted by molar-refractivity contribution is 7.92. The van der Waals surface area contributed by atoms with Gasteiger partial charge < -0.3 is 4.90 Å². The van der Waals surface area contributed by atoms with E-state index in [9.17, 15) is 13.2 Å². The molecule has 2 aromatic rings. The Bertz CT molecular complexity index is 958. The van der Waals surface area contributed by atoms with Gasteiger partial charge in [0.1, 0.15) is 6.54 Å². The van der Waals surface area contributed by atoms with Crippen molar-refractivity contribution in [3.8, 4) is 0 Å². The average Bonchev–Trinajstić information content (AvgIpc) is 2.69. The van der Waals surface area contributed by atoms with Crippen LogP contribution in [0.4, 0.5) is 5.69 Å². The van der Waals surface area contributed by atoms with Crippen LogP contribution in [0.3, 0.4) is 0 Å². The topological polar surface area (TPSA) is 60.9 Å². The SMILES string of the molecule is Cc1c(Cl)cccc1N(CC(=O)N1CCN(Cc2ccccc2)CC1)S(C)(=O)=O. The normalized spacial score (nSPS) is 15.3. The first kappa shape index (κ1) is 21.6. The zero-order chi connectivity index (χ0) is 21.0. The summed E-state index contributed by atoms with van der Waals surface area (Å²) in [6, 6.07) is 15.3. The molecule has 156 valence electrons. The van der Waals surface area contributed by atoms with Gasteiger partial charge in [-0.3, -0.25) is 14.0 Å². The summed E-state index contributed by atoms with van der Waals surface area (Å²) in [5, 5.41) is 0.470. The molecular weight excluding hydrogens is 410 g/mol. The highest BCUT2D eigenvalue weighted by atomic mass is 35.5. The van der Waals surface area contributed by atoms with E-state index in [0.717, 1.165) is 30.2 Å². The fourth-order valence-electron chi connectivity index (χ4n) is 3.47. The maximum atomic E-state index is 12.9. The lowest BCUT2D eigenvalue weighted by Gasteiger charge is -2.36. The van der Waals surface area contributed by atoms with Gasteiger partial charge in [0, 0.05) is 37.7 Å². The number of piperazine rings is 1. The van der Waals surface area contributed by atoms with Crippen LogP contribution in [0.5, 0.6) is 0 Å². The lowest BCUT2D eigenvalue weighted by Crippen LogP contribution is -2.51. The van der Waals surface area contributed by atoms with Crippen LogP contribution >= 0.6 is 11.6 Å². The van der Waals surface area contributed by atoms with Crippen LogP contribution in [0.1, 0.15) is 11.1 Å². The first-order valence-electron chi connectivity index (χ1n) is 9.52. The Balaban J connectivity index is 1.64. The lowest BCUT2D eigenvalue weighted by molar-refractivity contribution is -0.131. The van der Waals surface area contributed by atoms with Crippen LogP contribution < -0.4 is 4.31 Å². The second kappa shape index (κ2) is 9.15. The molecule has 0 aromatic heterocycles. The molecule has 29 heavy (non-hydrogen) atoms. The maximum absolute atomic E-state index is 12.9. The van der Waals surface area contributed by atoms with Crippen molar-refractivity contribution in [1.82, 2.24) is 9.80 Å². The van der Waals surface area contributed by atoms with Gasteiger partial charge in [-0.25, -0.2) is 8.42 Å². The quantitative estimate of drug-likeness (QED) is 0.700. The van der Waals surface area contributed by atoms with Crippen LogP contribution in [0.25, 0.3) is 0 Å². The van der Waals surface area contributed by atoms with Crippen molar-refractivity contribution in [2.75, 3.05) is 43.3 Å². The molecule has 1 saturated heterocycles. The summed E-state index contributed by atoms with van der Waals surface area (Å²) in [4.78, 5) is 16.9. The van der Waals surface area contributed by atoms with Crippen molar-refractivity contribution in [2.45, 2.75) is 13.5 Å². The summed E-state index contributed by atoms with van der Waals surface area (Å²) in [5.74, 6) is -0.200. The van der Waals surface area contributed by atoms with E-state index < -0.39 is 10.0 Å². The molecule has 6 nitrogen and oxygen atoms in total. The molecule has 0 N–H and O–H groups in total. The Morgan fingerprint density at radius 2 is 1.69 bits per heavy atom. The number of sulfonamides is 1. The lowest BCUT2D eigenvalue weighted by atomic mass is 10.2. The number of carbonyl (C=O) groups is 1. The Morgan fingerprint density at radius 1 is 1.03 bits per heavy atom. The van der Waals surface area contributed by atoms with E-state index in [4.69, 9.17) is 11.6 Å². The van der Waals surface area contributed by atoms with Gasteiger partial charge in [0.2, 0.25) is 15.9 Å². The summed E-state index contributed by atoms with van der Waals surface area (Å²) in [6.07, 6.45) is 1.11. The molecule has 1 amide bonds. The van der Waals surface area contributed by atoms with E-state index in [1.165, 1.54) is 5.56 Å². The van der Waals surface area contributed by atoms with Crippen LogP contribution in [-0.4, -0.2) is 63.1 Å². The molecule has 0 unspecified atom stereocenters. The summed E-state index contributed by atoms with van der Waals surface area (Å²) < 4.78 is 25.9. The molecule has 1 aliphatic heterocycles. The van der Waals surface area contributed by atoms with E-state index in [2.05, 4.69) is 17.0 Å². The zero-order valence-electron chi connectivity index (χ0n) is 16.7. The fraction of sp³-hybridized carbons (Fsp3) is 0.381. The number of nitrogens with zero attached hydrogens (tertiary/aromatic N) is 3. The minimum absolute atomic E-state index is 0.200. The number of benzene rings is 2. The van der Waals surface area contributed by atoms with Crippen molar-refractivity contribution < 1.29 is 13.2 Å². The van der Waals surface area contributed by atoms with Gasteiger partial charge in [0.25, 0.3) is 0 Å². The molecular formula is C21H26ClN3O3S. The van der Waals surface area contributed by atoms with Crippen molar-refractivity contribution in [1.29, 1.82) is 0 Å². The van der Waals surface area contributed by atoms with E-state index in [-0.39, 0.29) is 12.5 Å². The molecule has 0 spiro atoms. The van der Waals surface area contributed by atoms with Gasteiger partial charge >= 0.3 is 0 Å². The van der Waals surface area contributed by atoms with Gasteiger partial charge in [-0.15, -0.1) is 0 Å². The van der Waals surface area contributed by atoms with E-state index in [1.807, 2.05) is 18.2 Å². The average molecular weight is 436 g/mol. The van der Waals surface area contributed by atoms with E-state index >= 15 is 0 Å². The monoisotopic (exact) mass is 435 g/mol. The number of amides is 1. The number of hydrogen-bond donors (Lipinski definition) is 0. The number of hydrogen-bond acceptors (Lipinski definition) is 4. The standard InChI is InChI=1S/C21H26ClN3O3S/c1-17-19(22)9-6-10-20(17)25(29(2,27)28)16-21(26)24-13-11-23(12-14-24)15-18-7-4-3-5-8-18/h3-10H,11-16H2,1-2H3. The molecule has 1 aliphatic rings. The number of rotatable bonds is 6. The van der Waals surface area contributed by atoms with Gasteiger partial charge in [-0.1, -0.05) is 48.0 Å². The summed E-state index contributed by atoms with van der Waals surface area (Å²) in [6.45, 7) is 5.06. The van der Waals surface area contributed by atoms with Crippen molar-refractivity contribution in [3.63, 3.8) is 0 Å². The molecule has 1 fully saturated rings. The third kappa shape index (κ3) is 5.50. The fourth-order valence-corrected chi connectivity index (χ4v) is 4.54. The van der Waals surface area contributed by atoms with Crippen LogP contribution in [-0.2, 0) is 21.4 Å². The molecule has 0 bridgehead atoms. The molecule has 1 heterocycles. The van der Waals surface area contributed by atoms with Crippen molar-refractivity contribution in [2.24, 2.45) is 0 Å². The predicted molar refractivity (Wildman–Crippen MR) is 117 cm³/mol. The highest BCUT2D eigenvalue weighted by Gasteiger charge is 2.27. The van der Waals surface area contributed by atoms with Gasteiger partial charge in [0.05, 0.1) is 11.9 Å². The maximum Gasteiger partial charge on any atom is 0.243 e. The predicted octanol–water partition coefficient (Wildman–Crippen LogP) is 2.76. The molecule has 3 rings (SSSR count). The largest absolute Gasteiger partial charge is 0.339 e. The van der Waals surface area contributed by atoms with Crippen LogP contribution in [0, 0.1) is 6.92 Å². The summed E-state index contributed by atoms with van der Waals surface area (Å²) >= 11 is 6.15. The third-order valence-corrected chi connectivity index (χ3v) is 6.70. The minimum atomic E-state index is -3.63. The molecule has 0 atom stereocenters. The molecule has 2 aromatic carbocycles. The number of anilines is 1. The highest BCUT2D eigenvalue weighted by Crippen LogP contribution is 2.28. The van der Waals surface area contributed by atoms with Gasteiger partial charge in [0.15, 0.2) is 0 Å². The van der Waals surface area contributed by atoms with E-state index in [0.29, 0.717) is 29.4 Å². The molecule has 0 radical (unpaired) electrons. The Kier molecular flexibility index (Phi) is 6.82. The van der Waals surface area contributed by atoms with Crippen molar-refractivity contribution in [3.05, 3.63) is 64.7 Å². The first-order valence-corrected chi connectivity index (χ1v) is 11.7. The molecule has 8 heteroatoms. The van der Waals surface area contributed by atoms with Gasteiger partial charge in [-0.2, -0.15) is 0 Å². The Hall–Kier alpha value is -2.09. The van der Waals surface area contributed by atoms with Crippen LogP contribution in [0.15, 0.2) is 48.5 Å². The number of halogens is 1. The second-order valence-electron chi connectivity index (χ2n) is 7.30.